The number of sulfonamides is 1. The summed E-state index contributed by atoms with van der Waals surface area (Å²) < 4.78 is 64.8. The zero-order valence-corrected chi connectivity index (χ0v) is 13.7. The minimum atomic E-state index is -4.82. The molecule has 122 valence electrons. The summed E-state index contributed by atoms with van der Waals surface area (Å²) in [5, 5.41) is -1.26. The summed E-state index contributed by atoms with van der Waals surface area (Å²) in [7, 11) is -4.20. The maximum atomic E-state index is 12.8. The lowest BCUT2D eigenvalue weighted by molar-refractivity contribution is -0.144. The molecule has 0 aliphatic heterocycles. The Hall–Kier alpha value is -0.740. The first kappa shape index (κ1) is 17.6. The van der Waals surface area contributed by atoms with Crippen molar-refractivity contribution in [1.29, 1.82) is 0 Å². The van der Waals surface area contributed by atoms with Gasteiger partial charge in [0.2, 0.25) is 15.8 Å². The highest BCUT2D eigenvalue weighted by Crippen LogP contribution is 2.42. The van der Waals surface area contributed by atoms with E-state index in [1.807, 2.05) is 4.98 Å². The summed E-state index contributed by atoms with van der Waals surface area (Å²) in [5.41, 5.74) is -0.896. The van der Waals surface area contributed by atoms with Gasteiger partial charge in [-0.1, -0.05) is 41.7 Å². The number of H-pyrrole nitrogens is 1. The van der Waals surface area contributed by atoms with E-state index in [4.69, 9.17) is 34.8 Å². The van der Waals surface area contributed by atoms with Gasteiger partial charge >= 0.3 is 6.18 Å². The Kier molecular flexibility index (Phi) is 4.58. The second-order valence-electron chi connectivity index (χ2n) is 4.08. The second-order valence-corrected chi connectivity index (χ2v) is 6.92. The second kappa shape index (κ2) is 5.72. The minimum absolute atomic E-state index is 0.000661. The molecule has 0 spiro atoms. The molecule has 0 saturated carbocycles. The van der Waals surface area contributed by atoms with Crippen LogP contribution < -0.4 is 4.72 Å². The zero-order chi connectivity index (χ0) is 16.9. The number of benzene rings is 1. The lowest BCUT2D eigenvalue weighted by Gasteiger charge is -2.10. The molecule has 22 heavy (non-hydrogen) atoms. The van der Waals surface area contributed by atoms with Crippen LogP contribution in [0.3, 0.4) is 0 Å². The molecule has 0 radical (unpaired) electrons. The molecule has 12 heteroatoms. The van der Waals surface area contributed by atoms with E-state index in [-0.39, 0.29) is 11.6 Å². The molecule has 0 atom stereocenters. The van der Waals surface area contributed by atoms with Crippen LogP contribution in [0.25, 0.3) is 11.0 Å². The standard InChI is InChI=1S/C10H7Cl3F3N3O2S/c1-2-17-22(20,21)8-5(13)3(11)4(12)6-7(8)19-9(18-6)10(14,15)16/h17H,2H2,1H3,(H,18,19). The normalized spacial score (nSPS) is 13.0. The van der Waals surface area contributed by atoms with Crippen LogP contribution in [0.5, 0.6) is 0 Å². The van der Waals surface area contributed by atoms with E-state index in [1.54, 1.807) is 0 Å². The third kappa shape index (κ3) is 2.88. The summed E-state index contributed by atoms with van der Waals surface area (Å²) in [5.74, 6) is -1.41. The highest BCUT2D eigenvalue weighted by molar-refractivity contribution is 7.89. The Bertz CT molecular complexity index is 849. The summed E-state index contributed by atoms with van der Waals surface area (Å²) in [6, 6.07) is 0. The predicted molar refractivity (Wildman–Crippen MR) is 77.0 cm³/mol. The van der Waals surface area contributed by atoms with E-state index >= 15 is 0 Å². The predicted octanol–water partition coefficient (Wildman–Crippen LogP) is 3.84. The number of halogens is 6. The third-order valence-corrected chi connectivity index (χ3v) is 5.64. The van der Waals surface area contributed by atoms with Gasteiger partial charge in [0.05, 0.1) is 20.6 Å². The molecule has 1 aromatic heterocycles. The molecular weight excluding hydrogens is 390 g/mol. The van der Waals surface area contributed by atoms with E-state index < -0.39 is 48.0 Å². The van der Waals surface area contributed by atoms with Crippen molar-refractivity contribution in [2.24, 2.45) is 0 Å². The van der Waals surface area contributed by atoms with Crippen LogP contribution in [0.15, 0.2) is 4.90 Å². The third-order valence-electron chi connectivity index (χ3n) is 2.60. The van der Waals surface area contributed by atoms with Crippen molar-refractivity contribution < 1.29 is 21.6 Å². The van der Waals surface area contributed by atoms with Crippen molar-refractivity contribution in [1.82, 2.24) is 14.7 Å². The van der Waals surface area contributed by atoms with E-state index in [2.05, 4.69) is 9.71 Å². The van der Waals surface area contributed by atoms with E-state index in [1.165, 1.54) is 6.92 Å². The van der Waals surface area contributed by atoms with Gasteiger partial charge < -0.3 is 4.98 Å². The number of hydrogen-bond donors (Lipinski definition) is 2. The topological polar surface area (TPSA) is 74.8 Å². The quantitative estimate of drug-likeness (QED) is 0.774. The molecule has 0 fully saturated rings. The molecule has 1 aromatic carbocycles. The first-order valence-corrected chi connectivity index (χ1v) is 8.25. The van der Waals surface area contributed by atoms with Gasteiger partial charge in [0, 0.05) is 6.54 Å². The lowest BCUT2D eigenvalue weighted by atomic mass is 10.3. The first-order valence-electron chi connectivity index (χ1n) is 5.63. The SMILES string of the molecule is CCNS(=O)(=O)c1c(Cl)c(Cl)c(Cl)c2nc(C(F)(F)F)[nH]c12. The Balaban J connectivity index is 2.95. The maximum Gasteiger partial charge on any atom is 0.449 e. The number of hydrogen-bond acceptors (Lipinski definition) is 3. The Morgan fingerprint density at radius 2 is 1.77 bits per heavy atom. The molecule has 2 aromatic rings. The van der Waals surface area contributed by atoms with Crippen molar-refractivity contribution in [3.8, 4) is 0 Å². The average molecular weight is 397 g/mol. The lowest BCUT2D eigenvalue weighted by Crippen LogP contribution is -2.24. The van der Waals surface area contributed by atoms with Gasteiger partial charge in [0.15, 0.2) is 0 Å². The molecule has 0 saturated heterocycles. The smallest absolute Gasteiger partial charge is 0.333 e. The molecule has 1 heterocycles. The van der Waals surface area contributed by atoms with Gasteiger partial charge in [-0.15, -0.1) is 0 Å². The van der Waals surface area contributed by atoms with E-state index in [0.29, 0.717) is 0 Å². The van der Waals surface area contributed by atoms with Crippen LogP contribution in [-0.2, 0) is 16.2 Å². The number of rotatable bonds is 3. The Morgan fingerprint density at radius 1 is 1.18 bits per heavy atom. The van der Waals surface area contributed by atoms with Gasteiger partial charge in [-0.2, -0.15) is 13.2 Å². The number of aromatic nitrogens is 2. The number of aromatic amines is 1. The van der Waals surface area contributed by atoms with Crippen molar-refractivity contribution in [3.05, 3.63) is 20.9 Å². The highest BCUT2D eigenvalue weighted by atomic mass is 35.5. The molecule has 0 aliphatic carbocycles. The van der Waals surface area contributed by atoms with E-state index in [9.17, 15) is 21.6 Å². The fourth-order valence-corrected chi connectivity index (χ4v) is 4.05. The monoisotopic (exact) mass is 395 g/mol. The van der Waals surface area contributed by atoms with Crippen molar-refractivity contribution in [2.75, 3.05) is 6.54 Å². The first-order chi connectivity index (χ1) is 10.0. The highest BCUT2D eigenvalue weighted by Gasteiger charge is 2.37. The van der Waals surface area contributed by atoms with Gasteiger partial charge in [-0.05, 0) is 0 Å². The minimum Gasteiger partial charge on any atom is -0.333 e. The summed E-state index contributed by atoms with van der Waals surface area (Å²) in [4.78, 5) is 4.53. The molecule has 2 N–H and O–H groups in total. The van der Waals surface area contributed by atoms with Crippen LogP contribution in [0.1, 0.15) is 12.7 Å². The van der Waals surface area contributed by atoms with Crippen LogP contribution in [-0.4, -0.2) is 24.9 Å². The number of alkyl halides is 3. The van der Waals surface area contributed by atoms with E-state index in [0.717, 1.165) is 0 Å². The van der Waals surface area contributed by atoms with Gasteiger partial charge in [0.25, 0.3) is 0 Å². The summed E-state index contributed by atoms with van der Waals surface area (Å²) in [6.45, 7) is 1.49. The van der Waals surface area contributed by atoms with Crippen LogP contribution in [0.2, 0.25) is 15.1 Å². The Labute approximate surface area is 137 Å². The van der Waals surface area contributed by atoms with Crippen molar-refractivity contribution in [3.63, 3.8) is 0 Å². The molecule has 0 amide bonds. The van der Waals surface area contributed by atoms with Crippen molar-refractivity contribution >= 4 is 55.9 Å². The Morgan fingerprint density at radius 3 is 2.27 bits per heavy atom. The summed E-state index contributed by atoms with van der Waals surface area (Å²) >= 11 is 17.5. The molecule has 0 aliphatic rings. The number of nitrogens with zero attached hydrogens (tertiary/aromatic N) is 1. The molecule has 0 unspecified atom stereocenters. The largest absolute Gasteiger partial charge is 0.449 e. The van der Waals surface area contributed by atoms with Crippen LogP contribution in [0, 0.1) is 0 Å². The number of imidazole rings is 1. The van der Waals surface area contributed by atoms with Gasteiger partial charge in [0.1, 0.15) is 10.4 Å². The van der Waals surface area contributed by atoms with Crippen LogP contribution >= 0.6 is 34.8 Å². The molecule has 2 rings (SSSR count). The molecule has 0 bridgehead atoms. The zero-order valence-electron chi connectivity index (χ0n) is 10.6. The molecule has 5 nitrogen and oxygen atoms in total. The van der Waals surface area contributed by atoms with Gasteiger partial charge in [-0.25, -0.2) is 18.1 Å². The number of fused-ring (bicyclic) bond motifs is 1. The van der Waals surface area contributed by atoms with Gasteiger partial charge in [-0.3, -0.25) is 0 Å². The fraction of sp³-hybridized carbons (Fsp3) is 0.300. The van der Waals surface area contributed by atoms with Crippen LogP contribution in [0.4, 0.5) is 13.2 Å². The average Bonchev–Trinajstić information content (AvgIpc) is 2.80. The van der Waals surface area contributed by atoms with Crippen molar-refractivity contribution in [2.45, 2.75) is 18.0 Å². The number of nitrogens with one attached hydrogen (secondary N) is 2. The molecular formula is C10H7Cl3F3N3O2S. The fourth-order valence-electron chi connectivity index (χ4n) is 1.75. The maximum absolute atomic E-state index is 12.8. The summed E-state index contributed by atoms with van der Waals surface area (Å²) in [6.07, 6.45) is -4.82.